The largest absolute Gasteiger partial charge is 0.444 e. The first-order valence-corrected chi connectivity index (χ1v) is 13.9. The van der Waals surface area contributed by atoms with Crippen molar-refractivity contribution in [1.29, 1.82) is 0 Å². The number of fused-ring (bicyclic) bond motifs is 1. The smallest absolute Gasteiger partial charge is 0.410 e. The molecule has 1 saturated heterocycles. The summed E-state index contributed by atoms with van der Waals surface area (Å²) in [5.74, 6) is 1.04. The number of carbonyl (C=O) groups is 1. The lowest BCUT2D eigenvalue weighted by atomic mass is 10.0. The van der Waals surface area contributed by atoms with Gasteiger partial charge in [-0.2, -0.15) is 5.06 Å². The highest BCUT2D eigenvalue weighted by atomic mass is 16.7. The van der Waals surface area contributed by atoms with E-state index in [-0.39, 0.29) is 6.09 Å². The molecule has 3 heterocycles. The molecule has 1 aromatic carbocycles. The lowest BCUT2D eigenvalue weighted by molar-refractivity contribution is -0.223. The molecule has 2 aromatic rings. The van der Waals surface area contributed by atoms with Gasteiger partial charge in [0.1, 0.15) is 11.4 Å². The molecule has 3 N–H and O–H groups in total. The minimum atomic E-state index is -0.911. The number of aliphatic imine (C=N–C) groups is 1. The third-order valence-corrected chi connectivity index (χ3v) is 6.55. The Labute approximate surface area is 236 Å². The number of nitrogens with two attached hydrogens (primary N) is 1. The Bertz CT molecular complexity index is 1230. The van der Waals surface area contributed by atoms with E-state index in [0.29, 0.717) is 57.5 Å². The van der Waals surface area contributed by atoms with Crippen molar-refractivity contribution >= 4 is 29.6 Å². The molecule has 0 radical (unpaired) electrons. The first kappa shape index (κ1) is 29.4. The van der Waals surface area contributed by atoms with Crippen LogP contribution in [0.15, 0.2) is 41.2 Å². The van der Waals surface area contributed by atoms with E-state index in [2.05, 4.69) is 19.9 Å². The Hall–Kier alpha value is -3.54. The van der Waals surface area contributed by atoms with Crippen molar-refractivity contribution in [2.24, 2.45) is 10.7 Å². The highest BCUT2D eigenvalue weighted by molar-refractivity contribution is 5.91. The average molecular weight is 552 g/mol. The zero-order valence-electron chi connectivity index (χ0n) is 24.1. The Morgan fingerprint density at radius 2 is 1.82 bits per heavy atom. The van der Waals surface area contributed by atoms with Crippen molar-refractivity contribution in [2.45, 2.75) is 59.3 Å². The Morgan fingerprint density at radius 3 is 2.45 bits per heavy atom. The number of amidine groups is 1. The maximum Gasteiger partial charge on any atom is 0.410 e. The zero-order valence-corrected chi connectivity index (χ0v) is 24.1. The van der Waals surface area contributed by atoms with Gasteiger partial charge < -0.3 is 25.4 Å². The van der Waals surface area contributed by atoms with Gasteiger partial charge in [-0.3, -0.25) is 4.84 Å². The molecular weight excluding hydrogens is 510 g/mol. The summed E-state index contributed by atoms with van der Waals surface area (Å²) in [5, 5.41) is 12.6. The van der Waals surface area contributed by atoms with Gasteiger partial charge >= 0.3 is 6.09 Å². The van der Waals surface area contributed by atoms with Crippen molar-refractivity contribution in [2.75, 3.05) is 44.2 Å². The van der Waals surface area contributed by atoms with Crippen molar-refractivity contribution in [3.05, 3.63) is 41.7 Å². The zero-order chi connectivity index (χ0) is 28.9. The molecule has 11 nitrogen and oxygen atoms in total. The number of hydrogen-bond donors (Lipinski definition) is 2. The summed E-state index contributed by atoms with van der Waals surface area (Å²) >= 11 is 0. The average Bonchev–Trinajstić information content (AvgIpc) is 3.09. The highest BCUT2D eigenvalue weighted by Crippen LogP contribution is 2.32. The van der Waals surface area contributed by atoms with Crippen LogP contribution in [0.5, 0.6) is 0 Å². The Balaban J connectivity index is 1.46. The van der Waals surface area contributed by atoms with Gasteiger partial charge in [-0.1, -0.05) is 19.1 Å². The van der Waals surface area contributed by atoms with E-state index in [1.54, 1.807) is 22.4 Å². The Morgan fingerprint density at radius 1 is 1.12 bits per heavy atom. The summed E-state index contributed by atoms with van der Waals surface area (Å²) in [4.78, 5) is 35.6. The number of nitrogens with zero attached hydrogens (tertiary/aromatic N) is 6. The molecule has 0 aliphatic carbocycles. The summed E-state index contributed by atoms with van der Waals surface area (Å²) in [6.07, 6.45) is 5.51. The second-order valence-corrected chi connectivity index (χ2v) is 10.9. The molecule has 2 aliphatic rings. The van der Waals surface area contributed by atoms with Crippen molar-refractivity contribution < 1.29 is 19.5 Å². The normalized spacial score (nSPS) is 16.7. The molecule has 11 heteroatoms. The number of benzene rings is 1. The summed E-state index contributed by atoms with van der Waals surface area (Å²) in [6.45, 7) is 13.0. The fraction of sp³-hybridized carbons (Fsp3) is 0.517. The van der Waals surface area contributed by atoms with Crippen LogP contribution in [0.25, 0.3) is 17.2 Å². The van der Waals surface area contributed by atoms with E-state index in [9.17, 15) is 9.90 Å². The van der Waals surface area contributed by atoms with E-state index in [1.165, 1.54) is 0 Å². The van der Waals surface area contributed by atoms with E-state index in [1.807, 2.05) is 58.9 Å². The van der Waals surface area contributed by atoms with Crippen LogP contribution in [0.2, 0.25) is 0 Å². The standard InChI is InChI=1S/C29H41N7O4/c1-6-10-36(39-7-2)26(37)22-15-21-9-8-20(16-24(21)33-25(30)17-22)23-18-31-27(32-19-23)34-11-13-35(14-12-34)28(38)40-29(3,4)5/h8-9,15-16,18-19,26,37H,6-7,10-14,17H2,1-5H3,(H2,30,33). The summed E-state index contributed by atoms with van der Waals surface area (Å²) in [6, 6.07) is 5.91. The van der Waals surface area contributed by atoms with E-state index in [0.717, 1.165) is 34.4 Å². The molecule has 4 rings (SSSR count). The number of aromatic nitrogens is 2. The fourth-order valence-corrected chi connectivity index (χ4v) is 4.64. The van der Waals surface area contributed by atoms with Crippen LogP contribution < -0.4 is 10.6 Å². The van der Waals surface area contributed by atoms with Gasteiger partial charge in [0.25, 0.3) is 0 Å². The van der Waals surface area contributed by atoms with E-state index >= 15 is 0 Å². The molecule has 40 heavy (non-hydrogen) atoms. The molecule has 216 valence electrons. The quantitative estimate of drug-likeness (QED) is 0.370. The van der Waals surface area contributed by atoms with Crippen LogP contribution in [-0.4, -0.2) is 88.1 Å². The minimum Gasteiger partial charge on any atom is -0.444 e. The number of hydroxylamine groups is 2. The summed E-state index contributed by atoms with van der Waals surface area (Å²) in [5.41, 5.74) is 9.82. The van der Waals surface area contributed by atoms with Gasteiger partial charge in [0, 0.05) is 62.7 Å². The number of piperazine rings is 1. The van der Waals surface area contributed by atoms with Crippen molar-refractivity contribution in [3.63, 3.8) is 0 Å². The predicted molar refractivity (Wildman–Crippen MR) is 156 cm³/mol. The maximum absolute atomic E-state index is 12.3. The third kappa shape index (κ3) is 7.35. The van der Waals surface area contributed by atoms with Gasteiger partial charge in [-0.05, 0) is 57.4 Å². The summed E-state index contributed by atoms with van der Waals surface area (Å²) in [7, 11) is 0. The highest BCUT2D eigenvalue weighted by Gasteiger charge is 2.27. The second-order valence-electron chi connectivity index (χ2n) is 10.9. The minimum absolute atomic E-state index is 0.293. The van der Waals surface area contributed by atoms with Gasteiger partial charge in [-0.25, -0.2) is 19.8 Å². The van der Waals surface area contributed by atoms with Crippen LogP contribution in [0.1, 0.15) is 53.0 Å². The van der Waals surface area contributed by atoms with Crippen LogP contribution in [0, 0.1) is 0 Å². The monoisotopic (exact) mass is 551 g/mol. The van der Waals surface area contributed by atoms with Gasteiger partial charge in [0.2, 0.25) is 5.95 Å². The molecule has 0 spiro atoms. The molecular formula is C29H41N7O4. The number of carbonyl (C=O) groups excluding carboxylic acids is 1. The molecule has 0 bridgehead atoms. The lowest BCUT2D eigenvalue weighted by Gasteiger charge is -2.35. The van der Waals surface area contributed by atoms with Gasteiger partial charge in [0.15, 0.2) is 6.23 Å². The number of anilines is 1. The SMILES string of the molecule is CCCN(OCC)C(O)C1=Cc2ccc(-c3cnc(N4CCN(C(=O)OC(C)(C)C)CC4)nc3)cc2N=C(N)C1. The first-order chi connectivity index (χ1) is 19.1. The van der Waals surface area contributed by atoms with Gasteiger partial charge in [0.05, 0.1) is 12.3 Å². The van der Waals surface area contributed by atoms with Gasteiger partial charge in [-0.15, -0.1) is 0 Å². The molecule has 2 aliphatic heterocycles. The predicted octanol–water partition coefficient (Wildman–Crippen LogP) is 3.96. The number of aliphatic hydroxyl groups excluding tert-OH is 1. The summed E-state index contributed by atoms with van der Waals surface area (Å²) < 4.78 is 5.48. The van der Waals surface area contributed by atoms with Crippen LogP contribution in [0.3, 0.4) is 0 Å². The third-order valence-electron chi connectivity index (χ3n) is 6.55. The number of rotatable bonds is 8. The van der Waals surface area contributed by atoms with Crippen molar-refractivity contribution in [3.8, 4) is 11.1 Å². The molecule has 1 atom stereocenters. The topological polar surface area (TPSA) is 130 Å². The molecule has 0 saturated carbocycles. The fourth-order valence-electron chi connectivity index (χ4n) is 4.64. The Kier molecular flexibility index (Phi) is 9.39. The molecule has 1 amide bonds. The maximum atomic E-state index is 12.3. The van der Waals surface area contributed by atoms with Crippen LogP contribution in [-0.2, 0) is 9.57 Å². The number of ether oxygens (including phenoxy) is 1. The second kappa shape index (κ2) is 12.8. The number of aliphatic hydroxyl groups is 1. The molecule has 1 unspecified atom stereocenters. The van der Waals surface area contributed by atoms with Crippen LogP contribution >= 0.6 is 0 Å². The van der Waals surface area contributed by atoms with E-state index in [4.69, 9.17) is 15.3 Å². The van der Waals surface area contributed by atoms with Crippen LogP contribution in [0.4, 0.5) is 16.4 Å². The molecule has 1 fully saturated rings. The van der Waals surface area contributed by atoms with E-state index < -0.39 is 11.8 Å². The lowest BCUT2D eigenvalue weighted by Crippen LogP contribution is -2.50. The first-order valence-electron chi connectivity index (χ1n) is 13.9. The number of amides is 1. The number of hydrogen-bond acceptors (Lipinski definition) is 10. The van der Waals surface area contributed by atoms with Crippen molar-refractivity contribution in [1.82, 2.24) is 19.9 Å². The molecule has 1 aromatic heterocycles.